The van der Waals surface area contributed by atoms with Crippen LogP contribution in [0.15, 0.2) is 29.1 Å². The Kier molecular flexibility index (Phi) is 5.48. The first kappa shape index (κ1) is 18.7. The summed E-state index contributed by atoms with van der Waals surface area (Å²) in [4.78, 5) is 25.3. The zero-order valence-corrected chi connectivity index (χ0v) is 16.4. The molecule has 3 rings (SSSR count). The van der Waals surface area contributed by atoms with Crippen LogP contribution in [0.1, 0.15) is 20.8 Å². The molecule has 0 spiro atoms. The molecule has 26 heavy (non-hydrogen) atoms. The van der Waals surface area contributed by atoms with Crippen LogP contribution in [-0.4, -0.2) is 26.9 Å². The number of carbonyl (C=O) groups excluding carboxylic acids is 1. The highest BCUT2D eigenvalue weighted by Crippen LogP contribution is 2.40. The molecule has 0 aliphatic heterocycles. The van der Waals surface area contributed by atoms with Crippen molar-refractivity contribution in [1.82, 2.24) is 14.3 Å². The van der Waals surface area contributed by atoms with Gasteiger partial charge in [-0.3, -0.25) is 9.36 Å². The second-order valence-corrected chi connectivity index (χ2v) is 7.74. The van der Waals surface area contributed by atoms with Gasteiger partial charge in [0.15, 0.2) is 5.82 Å². The van der Waals surface area contributed by atoms with Crippen molar-refractivity contribution < 1.29 is 9.53 Å². The molecule has 0 aliphatic carbocycles. The van der Waals surface area contributed by atoms with Gasteiger partial charge in [-0.1, -0.05) is 43.6 Å². The first-order chi connectivity index (χ1) is 12.4. The van der Waals surface area contributed by atoms with Crippen LogP contribution in [-0.2, 0) is 22.6 Å². The molecule has 0 radical (unpaired) electrons. The third-order valence-electron chi connectivity index (χ3n) is 3.79. The molecule has 2 heterocycles. The molecular formula is C18H20ClN3O3S. The summed E-state index contributed by atoms with van der Waals surface area (Å²) in [6.45, 7) is 6.29. The van der Waals surface area contributed by atoms with Crippen LogP contribution in [0.3, 0.4) is 0 Å². The van der Waals surface area contributed by atoms with Crippen molar-refractivity contribution in [3.05, 3.63) is 39.8 Å². The topological polar surface area (TPSA) is 66.1 Å². The number of rotatable bonds is 6. The number of hydrogen-bond acceptors (Lipinski definition) is 5. The quantitative estimate of drug-likeness (QED) is 0.597. The van der Waals surface area contributed by atoms with Gasteiger partial charge in [-0.2, -0.15) is 0 Å². The van der Waals surface area contributed by atoms with Crippen LogP contribution < -0.4 is 5.69 Å². The van der Waals surface area contributed by atoms with Crippen molar-refractivity contribution in [2.24, 2.45) is 5.92 Å². The van der Waals surface area contributed by atoms with Gasteiger partial charge in [0.05, 0.1) is 16.5 Å². The summed E-state index contributed by atoms with van der Waals surface area (Å²) in [5.74, 6) is 0.233. The molecule has 3 aromatic rings. The van der Waals surface area contributed by atoms with Crippen LogP contribution in [0.25, 0.3) is 20.8 Å². The first-order valence-corrected chi connectivity index (χ1v) is 9.62. The minimum Gasteiger partial charge on any atom is -0.465 e. The van der Waals surface area contributed by atoms with Crippen LogP contribution in [0, 0.1) is 5.92 Å². The van der Waals surface area contributed by atoms with Gasteiger partial charge in [0.25, 0.3) is 0 Å². The van der Waals surface area contributed by atoms with Gasteiger partial charge in [0.1, 0.15) is 6.54 Å². The molecule has 0 bridgehead atoms. The number of nitrogens with zero attached hydrogens (tertiary/aromatic N) is 3. The average Bonchev–Trinajstić information content (AvgIpc) is 3.07. The number of thiophene rings is 1. The molecule has 138 valence electrons. The van der Waals surface area contributed by atoms with E-state index in [0.717, 1.165) is 19.6 Å². The predicted molar refractivity (Wildman–Crippen MR) is 104 cm³/mol. The Morgan fingerprint density at radius 2 is 2.08 bits per heavy atom. The highest BCUT2D eigenvalue weighted by Gasteiger charge is 2.22. The third-order valence-corrected chi connectivity index (χ3v) is 5.46. The van der Waals surface area contributed by atoms with Crippen molar-refractivity contribution in [3.63, 3.8) is 0 Å². The van der Waals surface area contributed by atoms with Gasteiger partial charge < -0.3 is 4.74 Å². The number of benzene rings is 1. The highest BCUT2D eigenvalue weighted by atomic mass is 35.5. The molecule has 0 saturated carbocycles. The molecule has 6 nitrogen and oxygen atoms in total. The molecular weight excluding hydrogens is 374 g/mol. The Labute approximate surface area is 160 Å². The lowest BCUT2D eigenvalue weighted by Gasteiger charge is -2.07. The standard InChI is InChI=1S/C18H20ClN3O3S/c1-4-25-14(23)10-22-18(24)21(9-11(2)3)17(20-22)16-15(19)12-7-5-6-8-13(12)26-16/h5-8,11H,4,9-10H2,1-3H3. The Bertz CT molecular complexity index is 1000. The summed E-state index contributed by atoms with van der Waals surface area (Å²) in [5.41, 5.74) is -0.338. The van der Waals surface area contributed by atoms with E-state index in [4.69, 9.17) is 16.3 Å². The maximum absolute atomic E-state index is 12.8. The first-order valence-electron chi connectivity index (χ1n) is 8.43. The lowest BCUT2D eigenvalue weighted by molar-refractivity contribution is -0.144. The zero-order chi connectivity index (χ0) is 18.8. The third kappa shape index (κ3) is 3.54. The largest absolute Gasteiger partial charge is 0.465 e. The van der Waals surface area contributed by atoms with Crippen LogP contribution in [0.5, 0.6) is 0 Å². The second-order valence-electron chi connectivity index (χ2n) is 6.31. The van der Waals surface area contributed by atoms with E-state index in [-0.39, 0.29) is 24.8 Å². The van der Waals surface area contributed by atoms with Gasteiger partial charge in [0, 0.05) is 16.6 Å². The average molecular weight is 394 g/mol. The fourth-order valence-corrected chi connectivity index (χ4v) is 4.24. The van der Waals surface area contributed by atoms with E-state index in [9.17, 15) is 9.59 Å². The van der Waals surface area contributed by atoms with Crippen LogP contribution in [0.4, 0.5) is 0 Å². The smallest absolute Gasteiger partial charge is 0.346 e. The maximum Gasteiger partial charge on any atom is 0.346 e. The molecule has 0 aliphatic rings. The predicted octanol–water partition coefficient (Wildman–Crippen LogP) is 3.80. The van der Waals surface area contributed by atoms with Crippen molar-refractivity contribution in [1.29, 1.82) is 0 Å². The summed E-state index contributed by atoms with van der Waals surface area (Å²) in [6.07, 6.45) is 0. The molecule has 0 amide bonds. The summed E-state index contributed by atoms with van der Waals surface area (Å²) in [7, 11) is 0. The van der Waals surface area contributed by atoms with Crippen LogP contribution in [0.2, 0.25) is 5.02 Å². The lowest BCUT2D eigenvalue weighted by atomic mass is 10.2. The fourth-order valence-electron chi connectivity index (χ4n) is 2.73. The lowest BCUT2D eigenvalue weighted by Crippen LogP contribution is -2.29. The van der Waals surface area contributed by atoms with Crippen molar-refractivity contribution in [2.45, 2.75) is 33.9 Å². The van der Waals surface area contributed by atoms with Crippen molar-refractivity contribution in [3.8, 4) is 10.7 Å². The van der Waals surface area contributed by atoms with Crippen LogP contribution >= 0.6 is 22.9 Å². The van der Waals surface area contributed by atoms with Gasteiger partial charge in [0.2, 0.25) is 0 Å². The van der Waals surface area contributed by atoms with E-state index in [1.807, 2.05) is 38.1 Å². The fraction of sp³-hybridized carbons (Fsp3) is 0.389. The molecule has 2 aromatic heterocycles. The number of aromatic nitrogens is 3. The Morgan fingerprint density at radius 3 is 2.73 bits per heavy atom. The van der Waals surface area contributed by atoms with E-state index < -0.39 is 5.97 Å². The normalized spacial score (nSPS) is 11.4. The number of hydrogen-bond donors (Lipinski definition) is 0. The van der Waals surface area contributed by atoms with Gasteiger partial charge in [-0.25, -0.2) is 9.48 Å². The minimum absolute atomic E-state index is 0.215. The minimum atomic E-state index is -0.488. The summed E-state index contributed by atoms with van der Waals surface area (Å²) in [5, 5.41) is 5.91. The Hall–Kier alpha value is -2.12. The van der Waals surface area contributed by atoms with E-state index >= 15 is 0 Å². The van der Waals surface area contributed by atoms with Crippen molar-refractivity contribution in [2.75, 3.05) is 6.61 Å². The number of halogens is 1. The number of carbonyl (C=O) groups is 1. The summed E-state index contributed by atoms with van der Waals surface area (Å²) < 4.78 is 8.69. The summed E-state index contributed by atoms with van der Waals surface area (Å²) in [6, 6.07) is 7.79. The SMILES string of the molecule is CCOC(=O)Cn1nc(-c2sc3ccccc3c2Cl)n(CC(C)C)c1=O. The number of fused-ring (bicyclic) bond motifs is 1. The molecule has 0 N–H and O–H groups in total. The van der Waals surface area contributed by atoms with E-state index in [0.29, 0.717) is 17.4 Å². The van der Waals surface area contributed by atoms with E-state index in [1.54, 1.807) is 11.5 Å². The van der Waals surface area contributed by atoms with Gasteiger partial charge >= 0.3 is 11.7 Å². The molecule has 0 saturated heterocycles. The molecule has 0 atom stereocenters. The number of esters is 1. The molecule has 0 fully saturated rings. The maximum atomic E-state index is 12.8. The highest BCUT2D eigenvalue weighted by molar-refractivity contribution is 7.23. The van der Waals surface area contributed by atoms with Gasteiger partial charge in [-0.05, 0) is 18.9 Å². The number of ether oxygens (including phenoxy) is 1. The van der Waals surface area contributed by atoms with E-state index in [1.165, 1.54) is 11.3 Å². The Balaban J connectivity index is 2.13. The van der Waals surface area contributed by atoms with Gasteiger partial charge in [-0.15, -0.1) is 16.4 Å². The monoisotopic (exact) mass is 393 g/mol. The molecule has 8 heteroatoms. The van der Waals surface area contributed by atoms with E-state index in [2.05, 4.69) is 5.10 Å². The summed E-state index contributed by atoms with van der Waals surface area (Å²) >= 11 is 8.06. The molecule has 1 aromatic carbocycles. The van der Waals surface area contributed by atoms with Crippen molar-refractivity contribution >= 4 is 39.0 Å². The second kappa shape index (κ2) is 7.63. The zero-order valence-electron chi connectivity index (χ0n) is 14.9. The molecule has 0 unspecified atom stereocenters. The Morgan fingerprint density at radius 1 is 1.35 bits per heavy atom.